The number of carbonyl (C=O) groups excluding carboxylic acids is 2. The number of fused-ring (bicyclic) bond motifs is 1. The van der Waals surface area contributed by atoms with Crippen LogP contribution in [0.2, 0.25) is 0 Å². The Morgan fingerprint density at radius 1 is 1.03 bits per heavy atom. The molecule has 2 heterocycles. The molecule has 2 N–H and O–H groups in total. The van der Waals surface area contributed by atoms with E-state index in [2.05, 4.69) is 15.1 Å². The molecule has 0 spiro atoms. The topological polar surface area (TPSA) is 110 Å². The number of hydrogen-bond donors (Lipinski definition) is 2. The number of rotatable bonds is 6. The average molecular weight is 481 g/mol. The Bertz CT molecular complexity index is 1410. The summed E-state index contributed by atoms with van der Waals surface area (Å²) in [6.45, 7) is 7.48. The van der Waals surface area contributed by atoms with Gasteiger partial charge in [-0.1, -0.05) is 37.6 Å². The highest BCUT2D eigenvalue weighted by molar-refractivity contribution is 7.92. The molecular formula is C25H28N4O4S. The van der Waals surface area contributed by atoms with Crippen LogP contribution in [0.15, 0.2) is 41.3 Å². The van der Waals surface area contributed by atoms with E-state index in [4.69, 9.17) is 0 Å². The van der Waals surface area contributed by atoms with Crippen molar-refractivity contribution in [2.24, 2.45) is 0 Å². The van der Waals surface area contributed by atoms with Crippen LogP contribution in [0.1, 0.15) is 53.4 Å². The predicted octanol–water partition coefficient (Wildman–Crippen LogP) is 4.60. The molecule has 0 aliphatic carbocycles. The summed E-state index contributed by atoms with van der Waals surface area (Å²) in [5.74, 6) is -0.244. The van der Waals surface area contributed by atoms with Gasteiger partial charge in [0.05, 0.1) is 16.3 Å². The summed E-state index contributed by atoms with van der Waals surface area (Å²) in [4.78, 5) is 25.0. The van der Waals surface area contributed by atoms with Gasteiger partial charge in [0, 0.05) is 18.4 Å². The Morgan fingerprint density at radius 2 is 1.76 bits per heavy atom. The van der Waals surface area contributed by atoms with Crippen molar-refractivity contribution >= 4 is 33.3 Å². The van der Waals surface area contributed by atoms with E-state index in [-0.39, 0.29) is 29.6 Å². The number of nitrogens with zero attached hydrogens (tertiary/aromatic N) is 2. The summed E-state index contributed by atoms with van der Waals surface area (Å²) in [5.41, 5.74) is 4.66. The highest BCUT2D eigenvalue weighted by Crippen LogP contribution is 2.36. The molecule has 1 amide bonds. The minimum atomic E-state index is -3.90. The molecule has 0 saturated carbocycles. The quantitative estimate of drug-likeness (QED) is 0.536. The van der Waals surface area contributed by atoms with Crippen molar-refractivity contribution in [2.75, 3.05) is 10.0 Å². The minimum absolute atomic E-state index is 0.0683. The number of anilines is 2. The van der Waals surface area contributed by atoms with E-state index < -0.39 is 10.0 Å². The summed E-state index contributed by atoms with van der Waals surface area (Å²) in [7, 11) is -3.90. The average Bonchev–Trinajstić information content (AvgIpc) is 3.05. The van der Waals surface area contributed by atoms with Gasteiger partial charge in [-0.05, 0) is 61.6 Å². The van der Waals surface area contributed by atoms with Gasteiger partial charge >= 0.3 is 0 Å². The fourth-order valence-corrected chi connectivity index (χ4v) is 5.48. The molecule has 0 fully saturated rings. The molecule has 2 aromatic carbocycles. The summed E-state index contributed by atoms with van der Waals surface area (Å²) in [5, 5.41) is 7.28. The lowest BCUT2D eigenvalue weighted by atomic mass is 10.0. The van der Waals surface area contributed by atoms with E-state index in [1.165, 1.54) is 4.68 Å². The van der Waals surface area contributed by atoms with Crippen LogP contribution in [0.5, 0.6) is 0 Å². The fraction of sp³-hybridized carbons (Fsp3) is 0.320. The van der Waals surface area contributed by atoms with Gasteiger partial charge in [0.15, 0.2) is 0 Å². The zero-order chi connectivity index (χ0) is 24.6. The second kappa shape index (κ2) is 9.06. The molecule has 1 aliphatic rings. The summed E-state index contributed by atoms with van der Waals surface area (Å²) >= 11 is 0. The maximum absolute atomic E-state index is 13.4. The number of hydrogen-bond acceptors (Lipinski definition) is 5. The first-order chi connectivity index (χ1) is 16.1. The Morgan fingerprint density at radius 3 is 2.50 bits per heavy atom. The highest BCUT2D eigenvalue weighted by atomic mass is 32.2. The van der Waals surface area contributed by atoms with Gasteiger partial charge < -0.3 is 5.32 Å². The first-order valence-corrected chi connectivity index (χ1v) is 12.7. The number of benzene rings is 2. The van der Waals surface area contributed by atoms with E-state index in [0.29, 0.717) is 40.3 Å². The number of carbonyl (C=O) groups is 2. The molecule has 1 aliphatic heterocycles. The second-order valence-corrected chi connectivity index (χ2v) is 10.3. The first kappa shape index (κ1) is 23.7. The van der Waals surface area contributed by atoms with Crippen molar-refractivity contribution in [3.8, 4) is 11.1 Å². The Labute approximate surface area is 199 Å². The summed E-state index contributed by atoms with van der Waals surface area (Å²) in [6, 6.07) is 10.7. The molecule has 0 radical (unpaired) electrons. The second-order valence-electron chi connectivity index (χ2n) is 8.68. The van der Waals surface area contributed by atoms with Crippen LogP contribution < -0.4 is 10.0 Å². The Hall–Kier alpha value is -3.46. The van der Waals surface area contributed by atoms with Crippen LogP contribution in [-0.2, 0) is 21.2 Å². The predicted molar refractivity (Wildman–Crippen MR) is 132 cm³/mol. The van der Waals surface area contributed by atoms with Crippen LogP contribution in [0.4, 0.5) is 11.5 Å². The number of aromatic nitrogens is 2. The van der Waals surface area contributed by atoms with Crippen LogP contribution in [0.25, 0.3) is 11.1 Å². The molecule has 8 nitrogen and oxygen atoms in total. The maximum Gasteiger partial charge on any atom is 0.262 e. The number of aryl methyl sites for hydroxylation is 4. The van der Waals surface area contributed by atoms with Gasteiger partial charge in [-0.2, -0.15) is 9.78 Å². The van der Waals surface area contributed by atoms with Crippen molar-refractivity contribution in [2.45, 2.75) is 58.3 Å². The summed E-state index contributed by atoms with van der Waals surface area (Å²) < 4.78 is 30.8. The third-order valence-electron chi connectivity index (χ3n) is 5.91. The first-order valence-electron chi connectivity index (χ1n) is 11.3. The van der Waals surface area contributed by atoms with Crippen molar-refractivity contribution in [1.29, 1.82) is 0 Å². The van der Waals surface area contributed by atoms with Gasteiger partial charge in [-0.25, -0.2) is 8.42 Å². The van der Waals surface area contributed by atoms with Gasteiger partial charge in [0.1, 0.15) is 5.82 Å². The van der Waals surface area contributed by atoms with Crippen LogP contribution in [-0.4, -0.2) is 30.0 Å². The molecule has 0 unspecified atom stereocenters. The highest BCUT2D eigenvalue weighted by Gasteiger charge is 2.28. The lowest BCUT2D eigenvalue weighted by Gasteiger charge is -2.15. The van der Waals surface area contributed by atoms with Crippen molar-refractivity contribution < 1.29 is 18.0 Å². The van der Waals surface area contributed by atoms with E-state index >= 15 is 0 Å². The number of amides is 1. The van der Waals surface area contributed by atoms with Gasteiger partial charge in [-0.3, -0.25) is 14.3 Å². The molecule has 0 atom stereocenters. The molecule has 4 rings (SSSR count). The van der Waals surface area contributed by atoms with Crippen molar-refractivity contribution in [3.63, 3.8) is 0 Å². The lowest BCUT2D eigenvalue weighted by Crippen LogP contribution is -2.15. The maximum atomic E-state index is 13.4. The van der Waals surface area contributed by atoms with E-state index in [1.807, 2.05) is 32.9 Å². The standard InChI is InChI=1S/C25H28N4O4S/c1-5-6-19-24(25-26-22(30)11-12-23(31)29(25)27-19)18-10-9-17(4)21(14-18)34(32,33)28-20-13-15(2)7-8-16(20)3/h7-10,13-14,28H,5-6,11-12H2,1-4H3,(H,26,30). The SMILES string of the molecule is CCCc1nn2c(c1-c1ccc(C)c(S(=O)(=O)Nc3cc(C)ccc3C)c1)NC(=O)CCC2=O. The molecule has 0 bridgehead atoms. The third-order valence-corrected chi connectivity index (χ3v) is 7.42. The smallest absolute Gasteiger partial charge is 0.262 e. The van der Waals surface area contributed by atoms with Crippen molar-refractivity contribution in [1.82, 2.24) is 9.78 Å². The van der Waals surface area contributed by atoms with Gasteiger partial charge in [0.25, 0.3) is 10.0 Å². The largest absolute Gasteiger partial charge is 0.310 e. The molecule has 34 heavy (non-hydrogen) atoms. The normalized spacial score (nSPS) is 13.9. The lowest BCUT2D eigenvalue weighted by molar-refractivity contribution is -0.116. The fourth-order valence-electron chi connectivity index (χ4n) is 4.09. The molecule has 9 heteroatoms. The number of nitrogens with one attached hydrogen (secondary N) is 2. The number of sulfonamides is 1. The Balaban J connectivity index is 1.85. The van der Waals surface area contributed by atoms with Crippen LogP contribution >= 0.6 is 0 Å². The van der Waals surface area contributed by atoms with Crippen LogP contribution in [0, 0.1) is 20.8 Å². The van der Waals surface area contributed by atoms with E-state index in [0.717, 1.165) is 17.5 Å². The minimum Gasteiger partial charge on any atom is -0.310 e. The monoisotopic (exact) mass is 480 g/mol. The summed E-state index contributed by atoms with van der Waals surface area (Å²) in [6.07, 6.45) is 1.50. The van der Waals surface area contributed by atoms with Gasteiger partial charge in [-0.15, -0.1) is 0 Å². The molecule has 0 saturated heterocycles. The third kappa shape index (κ3) is 4.48. The molecule has 178 valence electrons. The van der Waals surface area contributed by atoms with E-state index in [9.17, 15) is 18.0 Å². The zero-order valence-corrected chi connectivity index (χ0v) is 20.5. The van der Waals surface area contributed by atoms with E-state index in [1.54, 1.807) is 31.2 Å². The molecular weight excluding hydrogens is 452 g/mol. The molecule has 1 aromatic heterocycles. The zero-order valence-electron chi connectivity index (χ0n) is 19.7. The van der Waals surface area contributed by atoms with Gasteiger partial charge in [0.2, 0.25) is 11.8 Å². The molecule has 3 aromatic rings. The van der Waals surface area contributed by atoms with Crippen LogP contribution in [0.3, 0.4) is 0 Å². The van der Waals surface area contributed by atoms with Crippen molar-refractivity contribution in [3.05, 3.63) is 58.8 Å². The Kier molecular flexibility index (Phi) is 6.31.